The molecule has 5 N–H and O–H groups in total. The molecule has 0 aliphatic carbocycles. The zero-order chi connectivity index (χ0) is 47.2. The maximum absolute atomic E-state index is 13.4. The van der Waals surface area contributed by atoms with Crippen LogP contribution in [0, 0.1) is 6.92 Å². The second kappa shape index (κ2) is 21.0. The molecule has 67 heavy (non-hydrogen) atoms. The largest absolute Gasteiger partial charge is 0.495 e. The molecule has 0 spiro atoms. The van der Waals surface area contributed by atoms with E-state index in [0.29, 0.717) is 84.0 Å². The summed E-state index contributed by atoms with van der Waals surface area (Å²) in [5.74, 6) is -0.201. The Balaban J connectivity index is 0.741. The highest BCUT2D eigenvalue weighted by Gasteiger charge is 2.40. The third-order valence-electron chi connectivity index (χ3n) is 12.5. The van der Waals surface area contributed by atoms with E-state index < -0.39 is 18.0 Å². The van der Waals surface area contributed by atoms with E-state index in [0.717, 1.165) is 42.4 Å². The number of likely N-dealkylation sites (N-methyl/N-ethyl adjacent to an activating group) is 1. The summed E-state index contributed by atoms with van der Waals surface area (Å²) in [6.07, 6.45) is 6.10. The van der Waals surface area contributed by atoms with Crippen molar-refractivity contribution in [2.24, 2.45) is 0 Å². The Hall–Kier alpha value is -6.55. The normalized spacial score (nSPS) is 18.7. The van der Waals surface area contributed by atoms with E-state index in [-0.39, 0.29) is 61.5 Å². The summed E-state index contributed by atoms with van der Waals surface area (Å²) in [5, 5.41) is 15.7. The number of anilines is 5. The molecule has 4 aliphatic heterocycles. The van der Waals surface area contributed by atoms with Gasteiger partial charge < -0.3 is 50.3 Å². The minimum absolute atomic E-state index is 0.0168. The minimum Gasteiger partial charge on any atom is -0.495 e. The topological polar surface area (TPSA) is 233 Å². The fourth-order valence-corrected chi connectivity index (χ4v) is 9.68. The monoisotopic (exact) mass is 936 g/mol. The average molecular weight is 937 g/mol. The van der Waals surface area contributed by atoms with Gasteiger partial charge in [-0.25, -0.2) is 9.97 Å². The van der Waals surface area contributed by atoms with Crippen LogP contribution in [0.15, 0.2) is 48.8 Å². The van der Waals surface area contributed by atoms with Crippen molar-refractivity contribution in [3.8, 4) is 5.75 Å². The SMILES string of the molecule is CC[C@@H]1C(=O)N(C)c2cnc(Nc3ccc(C(=O)NC4CCN(CCOCCNCC(=O)Nc5cccc6c5CN(C5CCC(=O)NC5=O)C6=O)CC4)cc3OC)nc2N1Cc1cnc(C)s1. The first-order chi connectivity index (χ1) is 32.4. The number of carbonyl (C=O) groups is 6. The van der Waals surface area contributed by atoms with Crippen LogP contribution < -0.4 is 41.1 Å². The number of likely N-dealkylation sites (tertiary alicyclic amines) is 1. The first kappa shape index (κ1) is 47.0. The number of hydrogen-bond acceptors (Lipinski definition) is 16. The molecule has 0 radical (unpaired) electrons. The number of aryl methyl sites for hydroxylation is 1. The van der Waals surface area contributed by atoms with Gasteiger partial charge in [-0.1, -0.05) is 13.0 Å². The van der Waals surface area contributed by atoms with Gasteiger partial charge in [0.2, 0.25) is 29.6 Å². The number of rotatable bonds is 18. The number of piperidine rings is 2. The fraction of sp³-hybridized carbons (Fsp3) is 0.457. The molecule has 354 valence electrons. The quantitative estimate of drug-likeness (QED) is 0.0713. The molecule has 2 atom stereocenters. The lowest BCUT2D eigenvalue weighted by Gasteiger charge is -2.40. The van der Waals surface area contributed by atoms with E-state index >= 15 is 0 Å². The number of imide groups is 1. The first-order valence-electron chi connectivity index (χ1n) is 22.6. The molecule has 4 aromatic rings. The third kappa shape index (κ3) is 10.7. The van der Waals surface area contributed by atoms with Gasteiger partial charge in [-0.3, -0.25) is 34.1 Å². The smallest absolute Gasteiger partial charge is 0.255 e. The van der Waals surface area contributed by atoms with Crippen molar-refractivity contribution in [3.05, 3.63) is 75.4 Å². The molecule has 8 rings (SSSR count). The summed E-state index contributed by atoms with van der Waals surface area (Å²) >= 11 is 1.59. The van der Waals surface area contributed by atoms with Crippen LogP contribution in [0.25, 0.3) is 0 Å². The van der Waals surface area contributed by atoms with Crippen LogP contribution in [0.1, 0.15) is 75.2 Å². The zero-order valence-electron chi connectivity index (χ0n) is 38.1. The molecule has 6 amide bonds. The standard InChI is InChI=1S/C46H56N12O8S/c1-5-35-45(64)55(3)37-23-49-46(54-41(37)57(35)25-30-22-48-27(2)67-30)52-34-10-9-28(21-38(34)65-4)42(61)50-29-13-16-56(17-14-29)18-20-66-19-15-47-24-40(60)51-33-8-6-7-31-32(33)26-58(44(31)63)36-11-12-39(59)53-43(36)62/h6-10,21-23,29,35-36,47H,5,11-20,24-26H2,1-4H3,(H,50,61)(H,51,60)(H,49,52,54)(H,53,59,62)/t35-,36?/m1/s1. The molecule has 0 saturated carbocycles. The molecule has 2 aromatic heterocycles. The van der Waals surface area contributed by atoms with Gasteiger partial charge in [0.25, 0.3) is 11.8 Å². The first-order valence-corrected chi connectivity index (χ1v) is 23.4. The minimum atomic E-state index is -0.731. The summed E-state index contributed by atoms with van der Waals surface area (Å²) in [6.45, 7) is 8.41. The summed E-state index contributed by atoms with van der Waals surface area (Å²) in [5.41, 5.74) is 3.25. The van der Waals surface area contributed by atoms with Crippen molar-refractivity contribution in [2.75, 3.05) is 80.5 Å². The molecule has 21 heteroatoms. The van der Waals surface area contributed by atoms with Crippen LogP contribution >= 0.6 is 11.3 Å². The Morgan fingerprint density at radius 3 is 2.57 bits per heavy atom. The highest BCUT2D eigenvalue weighted by atomic mass is 32.1. The average Bonchev–Trinajstić information content (AvgIpc) is 3.90. The predicted octanol–water partition coefficient (Wildman–Crippen LogP) is 2.96. The van der Waals surface area contributed by atoms with Crippen molar-refractivity contribution in [1.82, 2.24) is 40.7 Å². The number of aromatic nitrogens is 3. The van der Waals surface area contributed by atoms with Crippen molar-refractivity contribution in [1.29, 1.82) is 0 Å². The van der Waals surface area contributed by atoms with Gasteiger partial charge in [-0.2, -0.15) is 4.98 Å². The molecule has 4 aliphatic rings. The van der Waals surface area contributed by atoms with Crippen LogP contribution in [0.3, 0.4) is 0 Å². The van der Waals surface area contributed by atoms with E-state index in [9.17, 15) is 28.8 Å². The lowest BCUT2D eigenvalue weighted by Crippen LogP contribution is -2.52. The molecule has 1 unspecified atom stereocenters. The van der Waals surface area contributed by atoms with Gasteiger partial charge in [-0.05, 0) is 62.9 Å². The summed E-state index contributed by atoms with van der Waals surface area (Å²) in [7, 11) is 3.28. The molecular weight excluding hydrogens is 881 g/mol. The Morgan fingerprint density at radius 1 is 1.00 bits per heavy atom. The number of thiazole rings is 1. The maximum Gasteiger partial charge on any atom is 0.255 e. The van der Waals surface area contributed by atoms with Gasteiger partial charge in [0.15, 0.2) is 5.82 Å². The highest BCUT2D eigenvalue weighted by Crippen LogP contribution is 2.38. The van der Waals surface area contributed by atoms with Crippen molar-refractivity contribution in [2.45, 2.75) is 77.2 Å². The van der Waals surface area contributed by atoms with Crippen molar-refractivity contribution >= 4 is 75.6 Å². The summed E-state index contributed by atoms with van der Waals surface area (Å²) in [4.78, 5) is 98.8. The van der Waals surface area contributed by atoms with Crippen LogP contribution in [0.5, 0.6) is 5.75 Å². The number of methoxy groups -OCH3 is 1. The van der Waals surface area contributed by atoms with Gasteiger partial charge in [0.1, 0.15) is 23.5 Å². The predicted molar refractivity (Wildman–Crippen MR) is 251 cm³/mol. The molecule has 2 fully saturated rings. The van der Waals surface area contributed by atoms with Crippen molar-refractivity contribution < 1.29 is 38.2 Å². The van der Waals surface area contributed by atoms with Gasteiger partial charge >= 0.3 is 0 Å². The second-order valence-corrected chi connectivity index (χ2v) is 18.2. The number of fused-ring (bicyclic) bond motifs is 2. The van der Waals surface area contributed by atoms with Crippen LogP contribution in [0.4, 0.5) is 28.8 Å². The molecule has 2 saturated heterocycles. The Labute approximate surface area is 392 Å². The number of hydrogen-bond donors (Lipinski definition) is 5. The lowest BCUT2D eigenvalue weighted by molar-refractivity contribution is -0.137. The van der Waals surface area contributed by atoms with Crippen LogP contribution in [-0.2, 0) is 37.0 Å². The Bertz CT molecular complexity index is 2530. The second-order valence-electron chi connectivity index (χ2n) is 16.9. The van der Waals surface area contributed by atoms with E-state index in [1.807, 2.05) is 24.9 Å². The number of carbonyl (C=O) groups excluding carboxylic acids is 6. The maximum atomic E-state index is 13.4. The fourth-order valence-electron chi connectivity index (χ4n) is 8.89. The third-order valence-corrected chi connectivity index (χ3v) is 13.4. The van der Waals surface area contributed by atoms with Gasteiger partial charge in [0.05, 0.1) is 50.3 Å². The van der Waals surface area contributed by atoms with E-state index in [2.05, 4.69) is 41.5 Å². The molecule has 20 nitrogen and oxygen atoms in total. The molecule has 6 heterocycles. The lowest BCUT2D eigenvalue weighted by atomic mass is 10.0. The summed E-state index contributed by atoms with van der Waals surface area (Å²) in [6, 6.07) is 9.19. The van der Waals surface area contributed by atoms with Gasteiger partial charge in [0, 0.05) is 85.7 Å². The molecule has 0 bridgehead atoms. The summed E-state index contributed by atoms with van der Waals surface area (Å²) < 4.78 is 11.5. The van der Waals surface area contributed by atoms with E-state index in [4.69, 9.17) is 14.5 Å². The number of amides is 6. The van der Waals surface area contributed by atoms with E-state index in [1.54, 1.807) is 73.0 Å². The number of ether oxygens (including phenoxy) is 2. The Morgan fingerprint density at radius 2 is 1.82 bits per heavy atom. The Kier molecular flexibility index (Phi) is 14.7. The highest BCUT2D eigenvalue weighted by molar-refractivity contribution is 7.11. The van der Waals surface area contributed by atoms with Gasteiger partial charge in [-0.15, -0.1) is 11.3 Å². The number of nitrogens with one attached hydrogen (secondary N) is 5. The van der Waals surface area contributed by atoms with Crippen LogP contribution in [0.2, 0.25) is 0 Å². The number of benzene rings is 2. The number of nitrogens with zero attached hydrogens (tertiary/aromatic N) is 7. The van der Waals surface area contributed by atoms with E-state index in [1.165, 1.54) is 4.90 Å². The zero-order valence-corrected chi connectivity index (χ0v) is 38.9. The van der Waals surface area contributed by atoms with Crippen LogP contribution in [-0.4, -0.2) is 138 Å². The van der Waals surface area contributed by atoms with Crippen molar-refractivity contribution in [3.63, 3.8) is 0 Å². The molecular formula is C46H56N12O8S. The molecule has 2 aromatic carbocycles.